The highest BCUT2D eigenvalue weighted by Crippen LogP contribution is 2.34. The molecule has 0 bridgehead atoms. The molecule has 33 heavy (non-hydrogen) atoms. The second-order valence-corrected chi connectivity index (χ2v) is 7.59. The Hall–Kier alpha value is -4.06. The molecule has 1 aromatic heterocycles. The number of aromatic nitrogens is 1. The van der Waals surface area contributed by atoms with Gasteiger partial charge in [-0.1, -0.05) is 60.7 Å². The molecule has 4 aromatic rings. The smallest absolute Gasteiger partial charge is 0.224 e. The molecule has 0 radical (unpaired) electrons. The number of anilines is 1. The molecule has 4 rings (SSSR count). The number of nitrogens with one attached hydrogen (secondary N) is 1. The van der Waals surface area contributed by atoms with E-state index in [9.17, 15) is 4.79 Å². The fourth-order valence-corrected chi connectivity index (χ4v) is 3.60. The Kier molecular flexibility index (Phi) is 6.74. The summed E-state index contributed by atoms with van der Waals surface area (Å²) in [6.45, 7) is 1.91. The number of hydrogen-bond donors (Lipinski definition) is 1. The number of rotatable bonds is 8. The van der Waals surface area contributed by atoms with Crippen LogP contribution in [-0.2, 0) is 11.2 Å². The maximum Gasteiger partial charge on any atom is 0.224 e. The van der Waals surface area contributed by atoms with Crippen molar-refractivity contribution in [3.63, 3.8) is 0 Å². The van der Waals surface area contributed by atoms with Crippen LogP contribution in [-0.4, -0.2) is 25.1 Å². The van der Waals surface area contributed by atoms with Gasteiger partial charge < -0.3 is 19.2 Å². The second-order valence-electron chi connectivity index (χ2n) is 7.59. The number of amides is 1. The maximum absolute atomic E-state index is 12.7. The maximum atomic E-state index is 12.7. The molecular formula is C27H26N2O4. The molecule has 168 valence electrons. The summed E-state index contributed by atoms with van der Waals surface area (Å²) in [4.78, 5) is 17.4. The number of nitrogens with zero attached hydrogens (tertiary/aromatic N) is 1. The van der Waals surface area contributed by atoms with Crippen LogP contribution in [0.4, 0.5) is 5.69 Å². The van der Waals surface area contributed by atoms with Gasteiger partial charge >= 0.3 is 0 Å². The van der Waals surface area contributed by atoms with Gasteiger partial charge in [0, 0.05) is 35.7 Å². The van der Waals surface area contributed by atoms with Gasteiger partial charge in [-0.15, -0.1) is 0 Å². The minimum absolute atomic E-state index is 0.133. The van der Waals surface area contributed by atoms with Crippen molar-refractivity contribution < 1.29 is 18.7 Å². The second kappa shape index (κ2) is 10.0. The Labute approximate surface area is 193 Å². The van der Waals surface area contributed by atoms with Gasteiger partial charge in [0.05, 0.1) is 14.2 Å². The molecule has 6 nitrogen and oxygen atoms in total. The average Bonchev–Trinajstić information content (AvgIpc) is 3.29. The predicted octanol–water partition coefficient (Wildman–Crippen LogP) is 5.91. The lowest BCUT2D eigenvalue weighted by Gasteiger charge is -2.13. The summed E-state index contributed by atoms with van der Waals surface area (Å²) in [5.41, 5.74) is 4.25. The standard InChI is InChI=1S/C27H26N2O4/c1-18-16-22(31-2)23(32-3)17-21(18)28-24(30)14-15-25-29-26(19-10-6-4-7-11-19)27(33-25)20-12-8-5-9-13-20/h4-13,16-17H,14-15H2,1-3H3,(H,28,30). The first-order valence-corrected chi connectivity index (χ1v) is 10.7. The fourth-order valence-electron chi connectivity index (χ4n) is 3.60. The van der Waals surface area contributed by atoms with Crippen molar-refractivity contribution in [1.29, 1.82) is 0 Å². The first-order valence-electron chi connectivity index (χ1n) is 10.7. The molecular weight excluding hydrogens is 416 g/mol. The molecule has 0 aliphatic heterocycles. The van der Waals surface area contributed by atoms with Crippen molar-refractivity contribution in [2.75, 3.05) is 19.5 Å². The first kappa shape index (κ1) is 22.1. The number of hydrogen-bond acceptors (Lipinski definition) is 5. The molecule has 0 fully saturated rings. The van der Waals surface area contributed by atoms with E-state index in [4.69, 9.17) is 18.9 Å². The molecule has 0 atom stereocenters. The zero-order chi connectivity index (χ0) is 23.2. The summed E-state index contributed by atoms with van der Waals surface area (Å²) in [7, 11) is 3.15. The quantitative estimate of drug-likeness (QED) is 0.367. The van der Waals surface area contributed by atoms with Gasteiger partial charge in [0.25, 0.3) is 0 Å². The Morgan fingerprint density at radius 3 is 2.15 bits per heavy atom. The lowest BCUT2D eigenvalue weighted by molar-refractivity contribution is -0.116. The highest BCUT2D eigenvalue weighted by molar-refractivity contribution is 5.92. The average molecular weight is 443 g/mol. The van der Waals surface area contributed by atoms with Gasteiger partial charge in [0.2, 0.25) is 5.91 Å². The fraction of sp³-hybridized carbons (Fsp3) is 0.185. The topological polar surface area (TPSA) is 73.6 Å². The van der Waals surface area contributed by atoms with Crippen LogP contribution in [0.15, 0.2) is 77.2 Å². The van der Waals surface area contributed by atoms with E-state index in [0.29, 0.717) is 35.3 Å². The van der Waals surface area contributed by atoms with E-state index >= 15 is 0 Å². The van der Waals surface area contributed by atoms with Crippen LogP contribution in [0.25, 0.3) is 22.6 Å². The molecule has 6 heteroatoms. The predicted molar refractivity (Wildman–Crippen MR) is 129 cm³/mol. The molecule has 0 spiro atoms. The number of benzene rings is 3. The molecule has 0 aliphatic carbocycles. The molecule has 0 aliphatic rings. The molecule has 0 saturated carbocycles. The van der Waals surface area contributed by atoms with Crippen molar-refractivity contribution in [3.8, 4) is 34.1 Å². The van der Waals surface area contributed by atoms with Crippen LogP contribution in [0, 0.1) is 6.92 Å². The SMILES string of the molecule is COc1cc(C)c(NC(=O)CCc2nc(-c3ccccc3)c(-c3ccccc3)o2)cc1OC. The number of aryl methyl sites for hydroxylation is 2. The van der Waals surface area contributed by atoms with Crippen LogP contribution in [0.3, 0.4) is 0 Å². The van der Waals surface area contributed by atoms with Crippen molar-refractivity contribution in [2.45, 2.75) is 19.8 Å². The van der Waals surface area contributed by atoms with Crippen LogP contribution in [0.2, 0.25) is 0 Å². The number of oxazole rings is 1. The summed E-state index contributed by atoms with van der Waals surface area (Å²) in [6, 6.07) is 23.4. The molecule has 1 heterocycles. The highest BCUT2D eigenvalue weighted by Gasteiger charge is 2.18. The van der Waals surface area contributed by atoms with E-state index in [0.717, 1.165) is 22.4 Å². The van der Waals surface area contributed by atoms with Crippen molar-refractivity contribution >= 4 is 11.6 Å². The van der Waals surface area contributed by atoms with Crippen LogP contribution in [0.1, 0.15) is 17.9 Å². The van der Waals surface area contributed by atoms with Crippen molar-refractivity contribution in [1.82, 2.24) is 4.98 Å². The molecule has 1 N–H and O–H groups in total. The van der Waals surface area contributed by atoms with Gasteiger partial charge in [-0.05, 0) is 18.6 Å². The lowest BCUT2D eigenvalue weighted by atomic mass is 10.1. The zero-order valence-electron chi connectivity index (χ0n) is 18.9. The van der Waals surface area contributed by atoms with Gasteiger partial charge in [0.1, 0.15) is 5.69 Å². The van der Waals surface area contributed by atoms with Gasteiger partial charge in [-0.25, -0.2) is 4.98 Å². The zero-order valence-corrected chi connectivity index (χ0v) is 18.9. The molecule has 0 saturated heterocycles. The first-order chi connectivity index (χ1) is 16.1. The Balaban J connectivity index is 1.52. The summed E-state index contributed by atoms with van der Waals surface area (Å²) < 4.78 is 16.8. The van der Waals surface area contributed by atoms with Gasteiger partial charge in [-0.3, -0.25) is 4.79 Å². The molecule has 1 amide bonds. The lowest BCUT2D eigenvalue weighted by Crippen LogP contribution is -2.13. The molecule has 0 unspecified atom stereocenters. The van der Waals surface area contributed by atoms with Crippen LogP contribution in [0.5, 0.6) is 11.5 Å². The number of ether oxygens (including phenoxy) is 2. The summed E-state index contributed by atoms with van der Waals surface area (Å²) in [6.07, 6.45) is 0.613. The van der Waals surface area contributed by atoms with Crippen molar-refractivity contribution in [3.05, 3.63) is 84.3 Å². The van der Waals surface area contributed by atoms with E-state index in [1.807, 2.05) is 73.7 Å². The normalized spacial score (nSPS) is 10.6. The third kappa shape index (κ3) is 5.06. The van der Waals surface area contributed by atoms with Gasteiger partial charge in [-0.2, -0.15) is 0 Å². The third-order valence-electron chi connectivity index (χ3n) is 5.33. The number of carbonyl (C=O) groups is 1. The summed E-state index contributed by atoms with van der Waals surface area (Å²) in [5, 5.41) is 2.95. The largest absolute Gasteiger partial charge is 0.493 e. The van der Waals surface area contributed by atoms with E-state index in [1.165, 1.54) is 0 Å². The Morgan fingerprint density at radius 1 is 0.909 bits per heavy atom. The number of carbonyl (C=O) groups excluding carboxylic acids is 1. The van der Waals surface area contributed by atoms with E-state index in [2.05, 4.69) is 5.32 Å². The minimum atomic E-state index is -0.133. The van der Waals surface area contributed by atoms with E-state index < -0.39 is 0 Å². The van der Waals surface area contributed by atoms with Crippen LogP contribution >= 0.6 is 0 Å². The highest BCUT2D eigenvalue weighted by atomic mass is 16.5. The Bertz CT molecular complexity index is 1180. The van der Waals surface area contributed by atoms with Crippen LogP contribution < -0.4 is 14.8 Å². The molecule has 3 aromatic carbocycles. The summed E-state index contributed by atoms with van der Waals surface area (Å²) >= 11 is 0. The minimum Gasteiger partial charge on any atom is -0.493 e. The van der Waals surface area contributed by atoms with Crippen molar-refractivity contribution in [2.24, 2.45) is 0 Å². The van der Waals surface area contributed by atoms with Gasteiger partial charge in [0.15, 0.2) is 23.1 Å². The summed E-state index contributed by atoms with van der Waals surface area (Å²) in [5.74, 6) is 2.27. The third-order valence-corrected chi connectivity index (χ3v) is 5.33. The number of methoxy groups -OCH3 is 2. The Morgan fingerprint density at radius 2 is 1.52 bits per heavy atom. The van der Waals surface area contributed by atoms with E-state index in [-0.39, 0.29) is 12.3 Å². The van der Waals surface area contributed by atoms with E-state index in [1.54, 1.807) is 20.3 Å². The monoisotopic (exact) mass is 442 g/mol.